The molecule has 0 bridgehead atoms. The molecule has 3 heteroatoms. The van der Waals surface area contributed by atoms with Crippen molar-refractivity contribution in [2.75, 3.05) is 6.61 Å². The van der Waals surface area contributed by atoms with Gasteiger partial charge in [-0.25, -0.2) is 0 Å². The summed E-state index contributed by atoms with van der Waals surface area (Å²) < 4.78 is 5.63. The minimum absolute atomic E-state index is 0.402. The Morgan fingerprint density at radius 2 is 2.11 bits per heavy atom. The number of nitriles is 1. The standard InChI is InChI=1S/C15H20N2O/c1-15(12-16,17-13-8-9-13)10-5-11-18-14-6-3-2-4-7-14/h2-4,6-7,13,17H,5,8-11H2,1H3. The fourth-order valence-corrected chi connectivity index (χ4v) is 1.97. The van der Waals surface area contributed by atoms with E-state index >= 15 is 0 Å². The lowest BCUT2D eigenvalue weighted by atomic mass is 9.98. The van der Waals surface area contributed by atoms with Crippen LogP contribution < -0.4 is 10.1 Å². The number of para-hydroxylation sites is 1. The summed E-state index contributed by atoms with van der Waals surface area (Å²) >= 11 is 0. The van der Waals surface area contributed by atoms with Gasteiger partial charge in [0.2, 0.25) is 0 Å². The van der Waals surface area contributed by atoms with Crippen LogP contribution in [-0.4, -0.2) is 18.2 Å². The van der Waals surface area contributed by atoms with Crippen molar-refractivity contribution in [3.8, 4) is 11.8 Å². The Labute approximate surface area is 109 Å². The Balaban J connectivity index is 1.69. The van der Waals surface area contributed by atoms with Gasteiger partial charge in [0.25, 0.3) is 0 Å². The number of ether oxygens (including phenoxy) is 1. The molecule has 1 saturated carbocycles. The molecule has 0 heterocycles. The zero-order chi connectivity index (χ0) is 12.8. The zero-order valence-electron chi connectivity index (χ0n) is 10.9. The molecular formula is C15H20N2O. The van der Waals surface area contributed by atoms with Gasteiger partial charge in [0.1, 0.15) is 11.3 Å². The van der Waals surface area contributed by atoms with Crippen LogP contribution in [0.3, 0.4) is 0 Å². The van der Waals surface area contributed by atoms with Crippen LogP contribution in [-0.2, 0) is 0 Å². The van der Waals surface area contributed by atoms with E-state index < -0.39 is 5.54 Å². The van der Waals surface area contributed by atoms with E-state index in [1.165, 1.54) is 12.8 Å². The molecule has 1 aromatic carbocycles. The van der Waals surface area contributed by atoms with Crippen LogP contribution in [0.15, 0.2) is 30.3 Å². The van der Waals surface area contributed by atoms with Gasteiger partial charge in [-0.05, 0) is 44.7 Å². The molecule has 2 rings (SSSR count). The summed E-state index contributed by atoms with van der Waals surface area (Å²) in [6, 6.07) is 12.7. The van der Waals surface area contributed by atoms with Gasteiger partial charge in [0, 0.05) is 6.04 Å². The summed E-state index contributed by atoms with van der Waals surface area (Å²) in [7, 11) is 0. The Bertz CT molecular complexity index is 408. The molecule has 0 saturated heterocycles. The summed E-state index contributed by atoms with van der Waals surface area (Å²) in [5, 5.41) is 12.6. The smallest absolute Gasteiger partial charge is 0.119 e. The summed E-state index contributed by atoms with van der Waals surface area (Å²) in [4.78, 5) is 0. The first-order valence-electron chi connectivity index (χ1n) is 6.59. The lowest BCUT2D eigenvalue weighted by Gasteiger charge is -2.23. The monoisotopic (exact) mass is 244 g/mol. The number of nitrogens with one attached hydrogen (secondary N) is 1. The van der Waals surface area contributed by atoms with Crippen molar-refractivity contribution < 1.29 is 4.74 Å². The lowest BCUT2D eigenvalue weighted by molar-refractivity contribution is 0.284. The minimum atomic E-state index is -0.402. The Kier molecular flexibility index (Phi) is 4.22. The predicted molar refractivity (Wildman–Crippen MR) is 71.3 cm³/mol. The second kappa shape index (κ2) is 5.88. The third-order valence-electron chi connectivity index (χ3n) is 3.18. The van der Waals surface area contributed by atoms with Crippen molar-refractivity contribution in [3.05, 3.63) is 30.3 Å². The number of nitrogens with zero attached hydrogens (tertiary/aromatic N) is 1. The molecule has 1 fully saturated rings. The highest BCUT2D eigenvalue weighted by Crippen LogP contribution is 2.24. The molecule has 0 amide bonds. The molecule has 18 heavy (non-hydrogen) atoms. The van der Waals surface area contributed by atoms with Crippen LogP contribution in [0.1, 0.15) is 32.6 Å². The summed E-state index contributed by atoms with van der Waals surface area (Å²) in [5.41, 5.74) is -0.402. The molecule has 0 spiro atoms. The van der Waals surface area contributed by atoms with Gasteiger partial charge >= 0.3 is 0 Å². The maximum atomic E-state index is 9.22. The Morgan fingerprint density at radius 3 is 2.72 bits per heavy atom. The molecule has 1 aromatic rings. The zero-order valence-corrected chi connectivity index (χ0v) is 10.9. The van der Waals surface area contributed by atoms with Crippen LogP contribution in [0.25, 0.3) is 0 Å². The van der Waals surface area contributed by atoms with Gasteiger partial charge in [0.15, 0.2) is 0 Å². The number of hydrogen-bond donors (Lipinski definition) is 1. The van der Waals surface area contributed by atoms with Crippen molar-refractivity contribution >= 4 is 0 Å². The quantitative estimate of drug-likeness (QED) is 0.750. The molecule has 0 aliphatic heterocycles. The molecule has 1 aliphatic carbocycles. The summed E-state index contributed by atoms with van der Waals surface area (Å²) in [6.45, 7) is 2.64. The third kappa shape index (κ3) is 4.05. The molecule has 1 N–H and O–H groups in total. The van der Waals surface area contributed by atoms with Gasteiger partial charge in [-0.15, -0.1) is 0 Å². The van der Waals surface area contributed by atoms with E-state index in [0.717, 1.165) is 18.6 Å². The maximum absolute atomic E-state index is 9.22. The fourth-order valence-electron chi connectivity index (χ4n) is 1.97. The van der Waals surface area contributed by atoms with Gasteiger partial charge in [-0.2, -0.15) is 5.26 Å². The van der Waals surface area contributed by atoms with Crippen molar-refractivity contribution in [1.29, 1.82) is 5.26 Å². The fraction of sp³-hybridized carbons (Fsp3) is 0.533. The average molecular weight is 244 g/mol. The first kappa shape index (κ1) is 12.9. The van der Waals surface area contributed by atoms with Crippen LogP contribution in [0.5, 0.6) is 5.75 Å². The van der Waals surface area contributed by atoms with Gasteiger partial charge in [-0.1, -0.05) is 18.2 Å². The molecule has 3 nitrogen and oxygen atoms in total. The Hall–Kier alpha value is -1.53. The lowest BCUT2D eigenvalue weighted by Crippen LogP contribution is -2.42. The van der Waals surface area contributed by atoms with E-state index in [1.807, 2.05) is 37.3 Å². The van der Waals surface area contributed by atoms with Crippen LogP contribution >= 0.6 is 0 Å². The highest BCUT2D eigenvalue weighted by Gasteiger charge is 2.31. The SMILES string of the molecule is CC(C#N)(CCCOc1ccccc1)NC1CC1. The molecule has 1 aliphatic rings. The van der Waals surface area contributed by atoms with E-state index in [-0.39, 0.29) is 0 Å². The van der Waals surface area contributed by atoms with E-state index in [9.17, 15) is 5.26 Å². The highest BCUT2D eigenvalue weighted by molar-refractivity contribution is 5.20. The van der Waals surface area contributed by atoms with Gasteiger partial charge in [0.05, 0.1) is 12.7 Å². The predicted octanol–water partition coefficient (Wildman–Crippen LogP) is 2.88. The third-order valence-corrected chi connectivity index (χ3v) is 3.18. The number of rotatable bonds is 7. The van der Waals surface area contributed by atoms with E-state index in [1.54, 1.807) is 0 Å². The van der Waals surface area contributed by atoms with Crippen LogP contribution in [0.4, 0.5) is 0 Å². The molecular weight excluding hydrogens is 224 g/mol. The van der Waals surface area contributed by atoms with Crippen molar-refractivity contribution in [2.24, 2.45) is 0 Å². The maximum Gasteiger partial charge on any atom is 0.119 e. The van der Waals surface area contributed by atoms with E-state index in [2.05, 4.69) is 11.4 Å². The molecule has 1 atom stereocenters. The van der Waals surface area contributed by atoms with Gasteiger partial charge < -0.3 is 4.74 Å². The molecule has 96 valence electrons. The first-order valence-corrected chi connectivity index (χ1v) is 6.59. The van der Waals surface area contributed by atoms with Crippen LogP contribution in [0, 0.1) is 11.3 Å². The second-order valence-corrected chi connectivity index (χ2v) is 5.13. The Morgan fingerprint density at radius 1 is 1.39 bits per heavy atom. The van der Waals surface area contributed by atoms with Crippen molar-refractivity contribution in [2.45, 2.75) is 44.2 Å². The minimum Gasteiger partial charge on any atom is -0.494 e. The van der Waals surface area contributed by atoms with Gasteiger partial charge in [-0.3, -0.25) is 5.32 Å². The van der Waals surface area contributed by atoms with E-state index in [4.69, 9.17) is 4.74 Å². The largest absolute Gasteiger partial charge is 0.494 e. The number of hydrogen-bond acceptors (Lipinski definition) is 3. The normalized spacial score (nSPS) is 17.8. The van der Waals surface area contributed by atoms with Crippen molar-refractivity contribution in [1.82, 2.24) is 5.32 Å². The van der Waals surface area contributed by atoms with Crippen molar-refractivity contribution in [3.63, 3.8) is 0 Å². The summed E-state index contributed by atoms with van der Waals surface area (Å²) in [5.74, 6) is 0.895. The van der Waals surface area contributed by atoms with Crippen LogP contribution in [0.2, 0.25) is 0 Å². The number of benzene rings is 1. The average Bonchev–Trinajstić information content (AvgIpc) is 3.20. The first-order chi connectivity index (χ1) is 8.72. The molecule has 0 aromatic heterocycles. The van der Waals surface area contributed by atoms with E-state index in [0.29, 0.717) is 12.6 Å². The topological polar surface area (TPSA) is 45.0 Å². The molecule has 0 radical (unpaired) electrons. The summed E-state index contributed by atoms with van der Waals surface area (Å²) in [6.07, 6.45) is 4.13. The highest BCUT2D eigenvalue weighted by atomic mass is 16.5. The molecule has 1 unspecified atom stereocenters. The second-order valence-electron chi connectivity index (χ2n) is 5.13.